The van der Waals surface area contributed by atoms with Gasteiger partial charge in [0.15, 0.2) is 0 Å². The van der Waals surface area contributed by atoms with Gasteiger partial charge in [0, 0.05) is 30.2 Å². The molecule has 0 saturated carbocycles. The standard InChI is InChI=1S/C21H24ClFN2O2/c1-4-25(3)14-24-20-10-19(23)17(9-15(20)2)21(12-26-13-21)27-11-16-7-5-6-8-18(16)22/h5-10,14H,4,11-13H2,1-3H3. The molecule has 1 fully saturated rings. The first-order chi connectivity index (χ1) is 12.9. The minimum atomic E-state index is -0.795. The van der Waals surface area contributed by atoms with Crippen molar-refractivity contribution in [1.82, 2.24) is 4.90 Å². The maximum atomic E-state index is 14.9. The molecule has 2 aromatic carbocycles. The number of halogens is 2. The Kier molecular flexibility index (Phi) is 6.15. The van der Waals surface area contributed by atoms with Crippen LogP contribution in [0.1, 0.15) is 23.6 Å². The van der Waals surface area contributed by atoms with Crippen LogP contribution in [0, 0.1) is 12.7 Å². The Morgan fingerprint density at radius 2 is 2.07 bits per heavy atom. The van der Waals surface area contributed by atoms with Crippen molar-refractivity contribution < 1.29 is 13.9 Å². The molecular formula is C21H24ClFN2O2. The molecule has 0 aliphatic carbocycles. The van der Waals surface area contributed by atoms with Gasteiger partial charge in [-0.1, -0.05) is 29.8 Å². The third-order valence-corrected chi connectivity index (χ3v) is 5.17. The molecule has 1 saturated heterocycles. The number of ether oxygens (including phenoxy) is 2. The predicted molar refractivity (Wildman–Crippen MR) is 106 cm³/mol. The molecule has 1 aliphatic heterocycles. The Balaban J connectivity index is 1.83. The molecule has 6 heteroatoms. The van der Waals surface area contributed by atoms with Crippen LogP contribution in [0.25, 0.3) is 0 Å². The number of aliphatic imine (C=N–C) groups is 1. The van der Waals surface area contributed by atoms with Crippen LogP contribution in [-0.2, 0) is 21.7 Å². The lowest BCUT2D eigenvalue weighted by Gasteiger charge is -2.42. The second kappa shape index (κ2) is 8.38. The average molecular weight is 391 g/mol. The molecule has 2 aromatic rings. The van der Waals surface area contributed by atoms with Crippen LogP contribution in [0.15, 0.2) is 41.4 Å². The van der Waals surface area contributed by atoms with E-state index in [-0.39, 0.29) is 5.82 Å². The number of aryl methyl sites for hydroxylation is 1. The number of nitrogens with zero attached hydrogens (tertiary/aromatic N) is 2. The Hall–Kier alpha value is -1.95. The van der Waals surface area contributed by atoms with Crippen molar-refractivity contribution in [2.75, 3.05) is 26.8 Å². The first kappa shape index (κ1) is 19.8. The van der Waals surface area contributed by atoms with Crippen LogP contribution >= 0.6 is 11.6 Å². The summed E-state index contributed by atoms with van der Waals surface area (Å²) < 4.78 is 26.4. The highest BCUT2D eigenvalue weighted by molar-refractivity contribution is 6.31. The zero-order chi connectivity index (χ0) is 19.4. The molecule has 0 N–H and O–H groups in total. The van der Waals surface area contributed by atoms with Gasteiger partial charge in [-0.05, 0) is 37.1 Å². The van der Waals surface area contributed by atoms with Crippen molar-refractivity contribution in [2.24, 2.45) is 4.99 Å². The van der Waals surface area contributed by atoms with Gasteiger partial charge in [0.25, 0.3) is 0 Å². The van der Waals surface area contributed by atoms with Gasteiger partial charge < -0.3 is 14.4 Å². The second-order valence-electron chi connectivity index (χ2n) is 6.80. The molecule has 4 nitrogen and oxygen atoms in total. The Morgan fingerprint density at radius 3 is 2.70 bits per heavy atom. The summed E-state index contributed by atoms with van der Waals surface area (Å²) in [5.41, 5.74) is 2.07. The highest BCUT2D eigenvalue weighted by atomic mass is 35.5. The summed E-state index contributed by atoms with van der Waals surface area (Å²) in [4.78, 5) is 6.31. The first-order valence-electron chi connectivity index (χ1n) is 8.95. The van der Waals surface area contributed by atoms with Crippen LogP contribution in [0.5, 0.6) is 0 Å². The average Bonchev–Trinajstić information content (AvgIpc) is 2.63. The normalized spacial score (nSPS) is 15.7. The van der Waals surface area contributed by atoms with Crippen LogP contribution in [0.4, 0.5) is 10.1 Å². The molecular weight excluding hydrogens is 367 g/mol. The van der Waals surface area contributed by atoms with Crippen molar-refractivity contribution >= 4 is 23.6 Å². The van der Waals surface area contributed by atoms with Crippen LogP contribution in [0.3, 0.4) is 0 Å². The van der Waals surface area contributed by atoms with E-state index in [9.17, 15) is 4.39 Å². The quantitative estimate of drug-likeness (QED) is 0.501. The molecule has 1 aliphatic rings. The summed E-state index contributed by atoms with van der Waals surface area (Å²) >= 11 is 6.20. The summed E-state index contributed by atoms with van der Waals surface area (Å²) in [7, 11) is 1.92. The molecule has 0 amide bonds. The summed E-state index contributed by atoms with van der Waals surface area (Å²) in [6.45, 7) is 5.70. The van der Waals surface area contributed by atoms with Gasteiger partial charge in [-0.15, -0.1) is 0 Å². The number of rotatable bonds is 7. The molecule has 0 spiro atoms. The number of hydrogen-bond donors (Lipinski definition) is 0. The first-order valence-corrected chi connectivity index (χ1v) is 9.33. The molecule has 0 aromatic heterocycles. The van der Waals surface area contributed by atoms with E-state index >= 15 is 0 Å². The molecule has 0 atom stereocenters. The van der Waals surface area contributed by atoms with Crippen molar-refractivity contribution in [3.63, 3.8) is 0 Å². The fraction of sp³-hybridized carbons (Fsp3) is 0.381. The van der Waals surface area contributed by atoms with Crippen LogP contribution in [-0.4, -0.2) is 38.0 Å². The van der Waals surface area contributed by atoms with Crippen LogP contribution in [0.2, 0.25) is 5.02 Å². The highest BCUT2D eigenvalue weighted by Gasteiger charge is 2.44. The van der Waals surface area contributed by atoms with Crippen molar-refractivity contribution in [2.45, 2.75) is 26.1 Å². The van der Waals surface area contributed by atoms with E-state index in [1.54, 1.807) is 6.34 Å². The lowest BCUT2D eigenvalue weighted by Crippen LogP contribution is -2.49. The van der Waals surface area contributed by atoms with Gasteiger partial charge in [-0.2, -0.15) is 0 Å². The van der Waals surface area contributed by atoms with Gasteiger partial charge >= 0.3 is 0 Å². The summed E-state index contributed by atoms with van der Waals surface area (Å²) in [5.74, 6) is -0.339. The number of benzene rings is 2. The van der Waals surface area contributed by atoms with Gasteiger partial charge in [0.05, 0.1) is 31.8 Å². The van der Waals surface area contributed by atoms with Gasteiger partial charge in [-0.25, -0.2) is 9.38 Å². The Labute approximate surface area is 164 Å². The zero-order valence-corrected chi connectivity index (χ0v) is 16.6. The maximum Gasteiger partial charge on any atom is 0.143 e. The third-order valence-electron chi connectivity index (χ3n) is 4.80. The minimum Gasteiger partial charge on any atom is -0.375 e. The SMILES string of the molecule is CCN(C)C=Nc1cc(F)c(C2(OCc3ccccc3Cl)COC2)cc1C. The van der Waals surface area contributed by atoms with Crippen molar-refractivity contribution in [1.29, 1.82) is 0 Å². The van der Waals surface area contributed by atoms with Gasteiger partial charge in [0.1, 0.15) is 11.4 Å². The van der Waals surface area contributed by atoms with E-state index in [0.29, 0.717) is 36.1 Å². The number of hydrogen-bond acceptors (Lipinski definition) is 3. The molecule has 1 heterocycles. The molecule has 27 heavy (non-hydrogen) atoms. The van der Waals surface area contributed by atoms with Crippen molar-refractivity contribution in [3.8, 4) is 0 Å². The van der Waals surface area contributed by atoms with E-state index in [2.05, 4.69) is 4.99 Å². The summed E-state index contributed by atoms with van der Waals surface area (Å²) in [6.07, 6.45) is 1.71. The van der Waals surface area contributed by atoms with Gasteiger partial charge in [0.2, 0.25) is 0 Å². The Morgan fingerprint density at radius 1 is 1.33 bits per heavy atom. The van der Waals surface area contributed by atoms with Gasteiger partial charge in [-0.3, -0.25) is 0 Å². The topological polar surface area (TPSA) is 34.1 Å². The van der Waals surface area contributed by atoms with E-state index in [4.69, 9.17) is 21.1 Å². The highest BCUT2D eigenvalue weighted by Crippen LogP contribution is 2.39. The fourth-order valence-electron chi connectivity index (χ4n) is 2.84. The van der Waals surface area contributed by atoms with E-state index in [1.165, 1.54) is 6.07 Å². The predicted octanol–water partition coefficient (Wildman–Crippen LogP) is 4.84. The minimum absolute atomic E-state index is 0.294. The Bertz CT molecular complexity index is 837. The molecule has 3 rings (SSSR count). The van der Waals surface area contributed by atoms with E-state index < -0.39 is 5.60 Å². The fourth-order valence-corrected chi connectivity index (χ4v) is 3.03. The lowest BCUT2D eigenvalue weighted by atomic mass is 9.89. The maximum absolute atomic E-state index is 14.9. The summed E-state index contributed by atoms with van der Waals surface area (Å²) in [6, 6.07) is 10.8. The smallest absolute Gasteiger partial charge is 0.143 e. The molecule has 0 unspecified atom stereocenters. The van der Waals surface area contributed by atoms with E-state index in [1.807, 2.05) is 56.1 Å². The van der Waals surface area contributed by atoms with Crippen molar-refractivity contribution in [3.05, 3.63) is 63.9 Å². The monoisotopic (exact) mass is 390 g/mol. The second-order valence-corrected chi connectivity index (χ2v) is 7.21. The molecule has 144 valence electrons. The molecule has 0 radical (unpaired) electrons. The lowest BCUT2D eigenvalue weighted by molar-refractivity contribution is -0.224. The molecule has 0 bridgehead atoms. The van der Waals surface area contributed by atoms with Crippen LogP contribution < -0.4 is 0 Å². The largest absolute Gasteiger partial charge is 0.375 e. The zero-order valence-electron chi connectivity index (χ0n) is 15.8. The third kappa shape index (κ3) is 4.32. The summed E-state index contributed by atoms with van der Waals surface area (Å²) in [5, 5.41) is 0.634. The van der Waals surface area contributed by atoms with E-state index in [0.717, 1.165) is 17.7 Å².